The molecule has 0 saturated carbocycles. The van der Waals surface area contributed by atoms with Gasteiger partial charge in [0.15, 0.2) is 0 Å². The van der Waals surface area contributed by atoms with Crippen molar-refractivity contribution < 1.29 is 19.7 Å². The molecule has 0 bridgehead atoms. The van der Waals surface area contributed by atoms with Gasteiger partial charge < -0.3 is 20.3 Å². The van der Waals surface area contributed by atoms with Crippen LogP contribution >= 0.6 is 0 Å². The van der Waals surface area contributed by atoms with Gasteiger partial charge >= 0.3 is 6.09 Å². The van der Waals surface area contributed by atoms with Crippen molar-refractivity contribution in [3.8, 4) is 0 Å². The molecule has 0 aromatic rings. The summed E-state index contributed by atoms with van der Waals surface area (Å²) in [4.78, 5) is 11.4. The molecular formula is C11H21NO4. The first kappa shape index (κ1) is 14.9. The van der Waals surface area contributed by atoms with E-state index in [2.05, 4.69) is 11.9 Å². The smallest absolute Gasteiger partial charge is 0.408 e. The topological polar surface area (TPSA) is 78.8 Å². The monoisotopic (exact) mass is 231 g/mol. The maximum Gasteiger partial charge on any atom is 0.408 e. The van der Waals surface area contributed by atoms with Crippen LogP contribution in [-0.2, 0) is 4.74 Å². The van der Waals surface area contributed by atoms with Gasteiger partial charge in [0.2, 0.25) is 0 Å². The van der Waals surface area contributed by atoms with Crippen LogP contribution in [-0.4, -0.2) is 40.7 Å². The highest BCUT2D eigenvalue weighted by molar-refractivity contribution is 5.68. The predicted molar refractivity (Wildman–Crippen MR) is 61.1 cm³/mol. The Morgan fingerprint density at radius 3 is 2.50 bits per heavy atom. The quantitative estimate of drug-likeness (QED) is 0.612. The first-order valence-corrected chi connectivity index (χ1v) is 5.19. The average Bonchev–Trinajstić information content (AvgIpc) is 2.11. The van der Waals surface area contributed by atoms with Crippen molar-refractivity contribution in [1.82, 2.24) is 5.32 Å². The minimum atomic E-state index is -0.866. The summed E-state index contributed by atoms with van der Waals surface area (Å²) in [5, 5.41) is 21.0. The summed E-state index contributed by atoms with van der Waals surface area (Å²) in [5.74, 6) is 0. The first-order valence-electron chi connectivity index (χ1n) is 5.19. The normalized spacial score (nSPS) is 15.1. The SMILES string of the molecule is C=CCC(O)C(CO)NC(=O)OC(C)(C)C. The van der Waals surface area contributed by atoms with Crippen LogP contribution in [0, 0.1) is 0 Å². The fraction of sp³-hybridized carbons (Fsp3) is 0.727. The minimum absolute atomic E-state index is 0.293. The van der Waals surface area contributed by atoms with E-state index >= 15 is 0 Å². The maximum absolute atomic E-state index is 11.4. The van der Waals surface area contributed by atoms with E-state index in [1.165, 1.54) is 6.08 Å². The number of aliphatic hydroxyl groups excluding tert-OH is 2. The van der Waals surface area contributed by atoms with Gasteiger partial charge in [-0.1, -0.05) is 6.08 Å². The van der Waals surface area contributed by atoms with Crippen molar-refractivity contribution in [1.29, 1.82) is 0 Å². The average molecular weight is 231 g/mol. The fourth-order valence-electron chi connectivity index (χ4n) is 1.06. The number of amides is 1. The third kappa shape index (κ3) is 6.42. The van der Waals surface area contributed by atoms with Gasteiger partial charge in [0.25, 0.3) is 0 Å². The highest BCUT2D eigenvalue weighted by atomic mass is 16.6. The van der Waals surface area contributed by atoms with Crippen LogP contribution < -0.4 is 5.32 Å². The summed E-state index contributed by atoms with van der Waals surface area (Å²) < 4.78 is 5.00. The number of nitrogens with one attached hydrogen (secondary N) is 1. The van der Waals surface area contributed by atoms with E-state index in [0.29, 0.717) is 6.42 Å². The molecule has 0 heterocycles. The Morgan fingerprint density at radius 2 is 2.12 bits per heavy atom. The van der Waals surface area contributed by atoms with Gasteiger partial charge in [-0.15, -0.1) is 6.58 Å². The molecule has 16 heavy (non-hydrogen) atoms. The summed E-state index contributed by atoms with van der Waals surface area (Å²) >= 11 is 0. The molecule has 0 saturated heterocycles. The first-order chi connectivity index (χ1) is 7.30. The number of alkyl carbamates (subject to hydrolysis) is 1. The zero-order valence-electron chi connectivity index (χ0n) is 10.1. The molecule has 0 aliphatic heterocycles. The largest absolute Gasteiger partial charge is 0.444 e. The number of carbonyl (C=O) groups is 1. The van der Waals surface area contributed by atoms with Crippen molar-refractivity contribution in [2.75, 3.05) is 6.61 Å². The lowest BCUT2D eigenvalue weighted by Gasteiger charge is -2.24. The summed E-state index contributed by atoms with van der Waals surface area (Å²) in [6, 6.07) is -0.743. The number of hydrogen-bond acceptors (Lipinski definition) is 4. The van der Waals surface area contributed by atoms with Gasteiger partial charge in [0.05, 0.1) is 18.8 Å². The van der Waals surface area contributed by atoms with Crippen LogP contribution in [0.2, 0.25) is 0 Å². The Bertz CT molecular complexity index is 235. The summed E-state index contributed by atoms with van der Waals surface area (Å²) in [6.07, 6.45) is 0.287. The van der Waals surface area contributed by atoms with E-state index in [-0.39, 0.29) is 6.61 Å². The lowest BCUT2D eigenvalue weighted by atomic mass is 10.1. The molecule has 0 fully saturated rings. The van der Waals surface area contributed by atoms with Gasteiger partial charge in [0, 0.05) is 0 Å². The molecule has 0 rings (SSSR count). The molecule has 0 aromatic heterocycles. The predicted octanol–water partition coefficient (Wildman–Crippen LogP) is 0.809. The standard InChI is InChI=1S/C11H21NO4/c1-5-6-9(14)8(7-13)12-10(15)16-11(2,3)4/h5,8-9,13-14H,1,6-7H2,2-4H3,(H,12,15). The second-order valence-corrected chi connectivity index (χ2v) is 4.53. The molecular weight excluding hydrogens is 210 g/mol. The number of ether oxygens (including phenoxy) is 1. The molecule has 0 aliphatic rings. The Labute approximate surface area is 96.1 Å². The summed E-state index contributed by atoms with van der Waals surface area (Å²) in [5.41, 5.74) is -0.604. The van der Waals surface area contributed by atoms with Crippen LogP contribution in [0.3, 0.4) is 0 Å². The molecule has 2 unspecified atom stereocenters. The number of rotatable bonds is 5. The third-order valence-electron chi connectivity index (χ3n) is 1.77. The van der Waals surface area contributed by atoms with E-state index in [1.807, 2.05) is 0 Å². The highest BCUT2D eigenvalue weighted by Crippen LogP contribution is 2.07. The maximum atomic E-state index is 11.4. The lowest BCUT2D eigenvalue weighted by molar-refractivity contribution is 0.0356. The minimum Gasteiger partial charge on any atom is -0.444 e. The van der Waals surface area contributed by atoms with Crippen LogP contribution in [0.4, 0.5) is 4.79 Å². The van der Waals surface area contributed by atoms with Crippen LogP contribution in [0.15, 0.2) is 12.7 Å². The Morgan fingerprint density at radius 1 is 1.56 bits per heavy atom. The molecule has 1 amide bonds. The highest BCUT2D eigenvalue weighted by Gasteiger charge is 2.23. The van der Waals surface area contributed by atoms with Crippen molar-refractivity contribution in [3.63, 3.8) is 0 Å². The molecule has 0 aliphatic carbocycles. The zero-order valence-corrected chi connectivity index (χ0v) is 10.1. The van der Waals surface area contributed by atoms with E-state index in [1.54, 1.807) is 20.8 Å². The second-order valence-electron chi connectivity index (χ2n) is 4.53. The Kier molecular flexibility index (Phi) is 6.06. The van der Waals surface area contributed by atoms with E-state index in [0.717, 1.165) is 0 Å². The van der Waals surface area contributed by atoms with Gasteiger partial charge in [-0.3, -0.25) is 0 Å². The van der Waals surface area contributed by atoms with Crippen molar-refractivity contribution >= 4 is 6.09 Å². The van der Waals surface area contributed by atoms with E-state index in [9.17, 15) is 9.90 Å². The fourth-order valence-corrected chi connectivity index (χ4v) is 1.06. The van der Waals surface area contributed by atoms with Gasteiger partial charge in [-0.2, -0.15) is 0 Å². The molecule has 2 atom stereocenters. The van der Waals surface area contributed by atoms with E-state index < -0.39 is 23.8 Å². The molecule has 0 aromatic carbocycles. The van der Waals surface area contributed by atoms with Gasteiger partial charge in [-0.25, -0.2) is 4.79 Å². The molecule has 94 valence electrons. The Balaban J connectivity index is 4.21. The van der Waals surface area contributed by atoms with Crippen molar-refractivity contribution in [2.24, 2.45) is 0 Å². The second kappa shape index (κ2) is 6.50. The number of hydrogen-bond donors (Lipinski definition) is 3. The van der Waals surface area contributed by atoms with Gasteiger partial charge in [-0.05, 0) is 27.2 Å². The van der Waals surface area contributed by atoms with Crippen LogP contribution in [0.1, 0.15) is 27.2 Å². The number of aliphatic hydroxyl groups is 2. The lowest BCUT2D eigenvalue weighted by Crippen LogP contribution is -2.47. The summed E-state index contributed by atoms with van der Waals surface area (Å²) in [6.45, 7) is 8.33. The van der Waals surface area contributed by atoms with Crippen LogP contribution in [0.25, 0.3) is 0 Å². The van der Waals surface area contributed by atoms with Crippen molar-refractivity contribution in [2.45, 2.75) is 44.9 Å². The van der Waals surface area contributed by atoms with Gasteiger partial charge in [0.1, 0.15) is 5.60 Å². The van der Waals surface area contributed by atoms with Crippen LogP contribution in [0.5, 0.6) is 0 Å². The Hall–Kier alpha value is -1.07. The third-order valence-corrected chi connectivity index (χ3v) is 1.77. The molecule has 5 heteroatoms. The van der Waals surface area contributed by atoms with Crippen molar-refractivity contribution in [3.05, 3.63) is 12.7 Å². The zero-order chi connectivity index (χ0) is 12.8. The molecule has 0 radical (unpaired) electrons. The van der Waals surface area contributed by atoms with E-state index in [4.69, 9.17) is 9.84 Å². The summed E-state index contributed by atoms with van der Waals surface area (Å²) in [7, 11) is 0. The molecule has 0 spiro atoms. The number of carbonyl (C=O) groups excluding carboxylic acids is 1. The molecule has 5 nitrogen and oxygen atoms in total. The molecule has 3 N–H and O–H groups in total.